The van der Waals surface area contributed by atoms with Crippen molar-refractivity contribution in [2.75, 3.05) is 55.6 Å². The number of anilines is 2. The second kappa shape index (κ2) is 9.05. The van der Waals surface area contributed by atoms with Crippen LogP contribution in [0.4, 0.5) is 11.4 Å². The average molecular weight is 476 g/mol. The van der Waals surface area contributed by atoms with Gasteiger partial charge in [0.15, 0.2) is 11.5 Å². The zero-order chi connectivity index (χ0) is 21.4. The van der Waals surface area contributed by atoms with E-state index in [0.717, 1.165) is 42.6 Å². The van der Waals surface area contributed by atoms with Crippen LogP contribution in [0, 0.1) is 0 Å². The summed E-state index contributed by atoms with van der Waals surface area (Å²) >= 11 is 0. The summed E-state index contributed by atoms with van der Waals surface area (Å²) in [6, 6.07) is 16.6. The quantitative estimate of drug-likeness (QED) is 0.624. The van der Waals surface area contributed by atoms with Crippen LogP contribution in [0.5, 0.6) is 11.5 Å². The molecule has 2 heterocycles. The molecule has 32 heavy (non-hydrogen) atoms. The molecule has 0 atom stereocenters. The van der Waals surface area contributed by atoms with Crippen molar-refractivity contribution in [3.63, 3.8) is 0 Å². The van der Waals surface area contributed by atoms with E-state index < -0.39 is 10.0 Å². The highest BCUT2D eigenvalue weighted by atomic mass is 35.5. The van der Waals surface area contributed by atoms with Gasteiger partial charge in [-0.25, -0.2) is 8.42 Å². The molecule has 170 valence electrons. The van der Waals surface area contributed by atoms with Gasteiger partial charge >= 0.3 is 0 Å². The molecule has 0 aromatic heterocycles. The van der Waals surface area contributed by atoms with Crippen LogP contribution >= 0.6 is 12.4 Å². The highest BCUT2D eigenvalue weighted by Crippen LogP contribution is 2.37. The molecule has 9 heteroatoms. The van der Waals surface area contributed by atoms with E-state index in [1.54, 1.807) is 31.3 Å². The molecule has 3 aromatic carbocycles. The van der Waals surface area contributed by atoms with Gasteiger partial charge in [0, 0.05) is 55.8 Å². The molecule has 1 N–H and O–H groups in total. The fourth-order valence-electron chi connectivity index (χ4n) is 4.18. The van der Waals surface area contributed by atoms with Crippen molar-refractivity contribution in [2.24, 2.45) is 0 Å². The Labute approximate surface area is 194 Å². The van der Waals surface area contributed by atoms with E-state index in [4.69, 9.17) is 9.47 Å². The SMILES string of the molecule is CN(c1ccc2c(c1)OCCO2)S(=O)(=O)c1ccc(N2CCNCC2)c2ccccc12.Cl. The highest BCUT2D eigenvalue weighted by molar-refractivity contribution is 7.93. The minimum absolute atomic E-state index is 0. The summed E-state index contributed by atoms with van der Waals surface area (Å²) in [5.41, 5.74) is 1.59. The Morgan fingerprint density at radius 2 is 1.59 bits per heavy atom. The molecule has 0 aliphatic carbocycles. The summed E-state index contributed by atoms with van der Waals surface area (Å²) in [5.74, 6) is 1.19. The number of nitrogens with zero attached hydrogens (tertiary/aromatic N) is 2. The topological polar surface area (TPSA) is 71.1 Å². The third-order valence-electron chi connectivity index (χ3n) is 5.85. The van der Waals surface area contributed by atoms with Crippen molar-refractivity contribution in [3.05, 3.63) is 54.6 Å². The van der Waals surface area contributed by atoms with Crippen molar-refractivity contribution in [1.29, 1.82) is 0 Å². The molecule has 0 bridgehead atoms. The van der Waals surface area contributed by atoms with Crippen LogP contribution in [-0.2, 0) is 10.0 Å². The van der Waals surface area contributed by atoms with Crippen molar-refractivity contribution < 1.29 is 17.9 Å². The van der Waals surface area contributed by atoms with Gasteiger partial charge in [-0.3, -0.25) is 4.31 Å². The Morgan fingerprint density at radius 1 is 0.906 bits per heavy atom. The Morgan fingerprint density at radius 3 is 2.34 bits per heavy atom. The minimum Gasteiger partial charge on any atom is -0.486 e. The van der Waals surface area contributed by atoms with Gasteiger partial charge in [0.1, 0.15) is 13.2 Å². The van der Waals surface area contributed by atoms with Gasteiger partial charge in [0.2, 0.25) is 0 Å². The van der Waals surface area contributed by atoms with Gasteiger partial charge in [0.25, 0.3) is 10.0 Å². The van der Waals surface area contributed by atoms with Crippen LogP contribution in [0.3, 0.4) is 0 Å². The number of rotatable bonds is 4. The molecule has 7 nitrogen and oxygen atoms in total. The van der Waals surface area contributed by atoms with E-state index in [0.29, 0.717) is 35.3 Å². The molecule has 3 aromatic rings. The summed E-state index contributed by atoms with van der Waals surface area (Å²) in [6.45, 7) is 4.57. The molecule has 0 saturated carbocycles. The van der Waals surface area contributed by atoms with Crippen LogP contribution in [0.15, 0.2) is 59.5 Å². The summed E-state index contributed by atoms with van der Waals surface area (Å²) < 4.78 is 39.8. The predicted molar refractivity (Wildman–Crippen MR) is 129 cm³/mol. The lowest BCUT2D eigenvalue weighted by molar-refractivity contribution is 0.171. The zero-order valence-corrected chi connectivity index (χ0v) is 19.4. The Hall–Kier alpha value is -2.68. The number of benzene rings is 3. The Bertz CT molecular complexity index is 1230. The van der Waals surface area contributed by atoms with E-state index in [9.17, 15) is 8.42 Å². The standard InChI is InChI=1S/C23H25N3O4S.ClH/c1-25(17-6-8-21-22(16-17)30-15-14-29-21)31(27,28)23-9-7-20(26-12-10-24-11-13-26)18-4-2-3-5-19(18)23;/h2-9,16,24H,10-15H2,1H3;1H. The van der Waals surface area contributed by atoms with Crippen molar-refractivity contribution >= 4 is 44.6 Å². The lowest BCUT2D eigenvalue weighted by atomic mass is 10.1. The van der Waals surface area contributed by atoms with Gasteiger partial charge in [-0.2, -0.15) is 0 Å². The van der Waals surface area contributed by atoms with E-state index in [1.165, 1.54) is 4.31 Å². The maximum absolute atomic E-state index is 13.6. The molecule has 5 rings (SSSR count). The second-order valence-corrected chi connectivity index (χ2v) is 9.60. The molecule has 1 fully saturated rings. The number of halogens is 1. The van der Waals surface area contributed by atoms with E-state index in [1.807, 2.05) is 30.3 Å². The van der Waals surface area contributed by atoms with Gasteiger partial charge < -0.3 is 19.7 Å². The molecule has 1 saturated heterocycles. The number of nitrogens with one attached hydrogen (secondary N) is 1. The third kappa shape index (κ3) is 3.94. The van der Waals surface area contributed by atoms with Crippen molar-refractivity contribution in [2.45, 2.75) is 4.90 Å². The number of sulfonamides is 1. The van der Waals surface area contributed by atoms with Crippen LogP contribution in [0.25, 0.3) is 10.8 Å². The first-order chi connectivity index (χ1) is 15.1. The Balaban J connectivity index is 0.00000245. The molecule has 2 aliphatic heterocycles. The second-order valence-electron chi connectivity index (χ2n) is 7.67. The summed E-state index contributed by atoms with van der Waals surface area (Å²) in [6.07, 6.45) is 0. The van der Waals surface area contributed by atoms with E-state index in [2.05, 4.69) is 10.2 Å². The lowest BCUT2D eigenvalue weighted by Gasteiger charge is -2.31. The third-order valence-corrected chi connectivity index (χ3v) is 7.69. The first kappa shape index (κ1) is 22.5. The van der Waals surface area contributed by atoms with Gasteiger partial charge in [-0.15, -0.1) is 12.4 Å². The summed E-state index contributed by atoms with van der Waals surface area (Å²) in [7, 11) is -2.22. The monoisotopic (exact) mass is 475 g/mol. The van der Waals surface area contributed by atoms with Gasteiger partial charge in [-0.1, -0.05) is 24.3 Å². The van der Waals surface area contributed by atoms with Crippen molar-refractivity contribution in [3.8, 4) is 11.5 Å². The number of ether oxygens (including phenoxy) is 2. The molecule has 2 aliphatic rings. The summed E-state index contributed by atoms with van der Waals surface area (Å²) in [4.78, 5) is 2.60. The van der Waals surface area contributed by atoms with Crippen molar-refractivity contribution in [1.82, 2.24) is 5.32 Å². The van der Waals surface area contributed by atoms with E-state index >= 15 is 0 Å². The molecule has 0 radical (unpaired) electrons. The molecule has 0 unspecified atom stereocenters. The molecule has 0 spiro atoms. The zero-order valence-electron chi connectivity index (χ0n) is 17.8. The number of hydrogen-bond donors (Lipinski definition) is 1. The number of piperazine rings is 1. The Kier molecular flexibility index (Phi) is 6.37. The molecule has 0 amide bonds. The lowest BCUT2D eigenvalue weighted by Crippen LogP contribution is -2.43. The highest BCUT2D eigenvalue weighted by Gasteiger charge is 2.26. The van der Waals surface area contributed by atoms with Gasteiger partial charge in [0.05, 0.1) is 10.6 Å². The maximum Gasteiger partial charge on any atom is 0.264 e. The maximum atomic E-state index is 13.6. The summed E-state index contributed by atoms with van der Waals surface area (Å²) in [5, 5.41) is 5.03. The van der Waals surface area contributed by atoms with Crippen LogP contribution in [0.1, 0.15) is 0 Å². The van der Waals surface area contributed by atoms with Crippen LogP contribution in [0.2, 0.25) is 0 Å². The predicted octanol–water partition coefficient (Wildman–Crippen LogP) is 3.27. The van der Waals surface area contributed by atoms with Crippen LogP contribution < -0.4 is 24.0 Å². The van der Waals surface area contributed by atoms with Crippen LogP contribution in [-0.4, -0.2) is 54.9 Å². The fraction of sp³-hybridized carbons (Fsp3) is 0.304. The first-order valence-corrected chi connectivity index (χ1v) is 11.9. The normalized spacial score (nSPS) is 15.8. The number of hydrogen-bond acceptors (Lipinski definition) is 6. The van der Waals surface area contributed by atoms with E-state index in [-0.39, 0.29) is 12.4 Å². The first-order valence-electron chi connectivity index (χ1n) is 10.4. The molecular weight excluding hydrogens is 450 g/mol. The fourth-order valence-corrected chi connectivity index (χ4v) is 5.56. The average Bonchev–Trinajstić information content (AvgIpc) is 2.83. The minimum atomic E-state index is -3.79. The number of fused-ring (bicyclic) bond motifs is 2. The molecular formula is C23H26ClN3O4S. The van der Waals surface area contributed by atoms with Gasteiger partial charge in [-0.05, 0) is 24.3 Å². The smallest absolute Gasteiger partial charge is 0.264 e. The largest absolute Gasteiger partial charge is 0.486 e.